The van der Waals surface area contributed by atoms with Gasteiger partial charge in [0.25, 0.3) is 5.91 Å². The summed E-state index contributed by atoms with van der Waals surface area (Å²) in [4.78, 5) is 11.8. The highest BCUT2D eigenvalue weighted by molar-refractivity contribution is 5.94. The largest absolute Gasteiger partial charge is 0.380 e. The number of halogens is 1. The van der Waals surface area contributed by atoms with Gasteiger partial charge in [-0.2, -0.15) is 5.26 Å². The zero-order valence-corrected chi connectivity index (χ0v) is 12.2. The minimum atomic E-state index is -0.444. The number of nitrogens with one attached hydrogen (secondary N) is 2. The van der Waals surface area contributed by atoms with Crippen molar-refractivity contribution in [2.75, 3.05) is 11.9 Å². The summed E-state index contributed by atoms with van der Waals surface area (Å²) in [5.41, 5.74) is 2.30. The SMILES string of the molecule is CCNC(=O)c1cccc(CNc2ccc(F)cc2C#N)c1. The van der Waals surface area contributed by atoms with Crippen LogP contribution >= 0.6 is 0 Å². The van der Waals surface area contributed by atoms with Gasteiger partial charge in [-0.05, 0) is 42.8 Å². The molecule has 0 atom stereocenters. The molecule has 0 spiro atoms. The second kappa shape index (κ2) is 7.23. The van der Waals surface area contributed by atoms with Gasteiger partial charge in [-0.15, -0.1) is 0 Å². The number of amides is 1. The van der Waals surface area contributed by atoms with E-state index < -0.39 is 5.82 Å². The van der Waals surface area contributed by atoms with Gasteiger partial charge in [-0.25, -0.2) is 4.39 Å². The molecule has 0 heterocycles. The highest BCUT2D eigenvalue weighted by Gasteiger charge is 2.06. The Morgan fingerprint density at radius 3 is 2.82 bits per heavy atom. The Kier molecular flexibility index (Phi) is 5.10. The molecule has 0 aliphatic carbocycles. The van der Waals surface area contributed by atoms with E-state index in [2.05, 4.69) is 10.6 Å². The molecule has 0 aliphatic rings. The number of hydrogen-bond donors (Lipinski definition) is 2. The van der Waals surface area contributed by atoms with Gasteiger partial charge in [0.2, 0.25) is 0 Å². The van der Waals surface area contributed by atoms with Gasteiger partial charge in [-0.3, -0.25) is 4.79 Å². The number of hydrogen-bond acceptors (Lipinski definition) is 3. The van der Waals surface area contributed by atoms with Crippen molar-refractivity contribution in [2.24, 2.45) is 0 Å². The van der Waals surface area contributed by atoms with Gasteiger partial charge in [0.15, 0.2) is 0 Å². The fraction of sp³-hybridized carbons (Fsp3) is 0.176. The van der Waals surface area contributed by atoms with Crippen LogP contribution in [0.5, 0.6) is 0 Å². The third kappa shape index (κ3) is 3.83. The van der Waals surface area contributed by atoms with Crippen LogP contribution in [0.1, 0.15) is 28.4 Å². The van der Waals surface area contributed by atoms with Crippen molar-refractivity contribution in [2.45, 2.75) is 13.5 Å². The fourth-order valence-electron chi connectivity index (χ4n) is 2.05. The van der Waals surface area contributed by atoms with E-state index in [1.54, 1.807) is 18.2 Å². The molecule has 0 saturated carbocycles. The third-order valence-corrected chi connectivity index (χ3v) is 3.11. The summed E-state index contributed by atoms with van der Waals surface area (Å²) in [6.07, 6.45) is 0. The molecule has 0 fully saturated rings. The van der Waals surface area contributed by atoms with Crippen LogP contribution in [0.2, 0.25) is 0 Å². The first-order chi connectivity index (χ1) is 10.6. The van der Waals surface area contributed by atoms with Gasteiger partial charge in [0.1, 0.15) is 11.9 Å². The summed E-state index contributed by atoms with van der Waals surface area (Å²) in [7, 11) is 0. The molecule has 2 N–H and O–H groups in total. The number of benzene rings is 2. The summed E-state index contributed by atoms with van der Waals surface area (Å²) >= 11 is 0. The van der Waals surface area contributed by atoms with Crippen LogP contribution in [0.3, 0.4) is 0 Å². The Balaban J connectivity index is 2.11. The van der Waals surface area contributed by atoms with E-state index in [0.29, 0.717) is 24.3 Å². The topological polar surface area (TPSA) is 64.9 Å². The number of carbonyl (C=O) groups is 1. The number of nitriles is 1. The van der Waals surface area contributed by atoms with Crippen molar-refractivity contribution in [1.29, 1.82) is 5.26 Å². The van der Waals surface area contributed by atoms with Crippen molar-refractivity contribution >= 4 is 11.6 Å². The zero-order chi connectivity index (χ0) is 15.9. The second-order valence-electron chi connectivity index (χ2n) is 4.72. The molecule has 112 valence electrons. The Bertz CT molecular complexity index is 722. The first-order valence-corrected chi connectivity index (χ1v) is 6.94. The summed E-state index contributed by atoms with van der Waals surface area (Å²) in [6.45, 7) is 2.87. The average molecular weight is 297 g/mol. The van der Waals surface area contributed by atoms with Crippen molar-refractivity contribution in [3.05, 3.63) is 65.0 Å². The lowest BCUT2D eigenvalue weighted by atomic mass is 10.1. The molecule has 0 unspecified atom stereocenters. The Morgan fingerprint density at radius 2 is 2.09 bits per heavy atom. The molecular formula is C17H16FN3O. The molecule has 5 heteroatoms. The van der Waals surface area contributed by atoms with E-state index in [1.807, 2.05) is 19.1 Å². The molecule has 2 rings (SSSR count). The minimum Gasteiger partial charge on any atom is -0.380 e. The molecule has 22 heavy (non-hydrogen) atoms. The molecule has 0 aliphatic heterocycles. The Morgan fingerprint density at radius 1 is 1.27 bits per heavy atom. The molecule has 0 radical (unpaired) electrons. The van der Waals surface area contributed by atoms with Crippen molar-refractivity contribution in [1.82, 2.24) is 5.32 Å². The van der Waals surface area contributed by atoms with Crippen LogP contribution in [-0.2, 0) is 6.54 Å². The van der Waals surface area contributed by atoms with Crippen molar-refractivity contribution < 1.29 is 9.18 Å². The van der Waals surface area contributed by atoms with Crippen LogP contribution in [0.4, 0.5) is 10.1 Å². The predicted molar refractivity (Wildman–Crippen MR) is 82.9 cm³/mol. The molecule has 2 aromatic carbocycles. The fourth-order valence-corrected chi connectivity index (χ4v) is 2.05. The monoisotopic (exact) mass is 297 g/mol. The molecule has 4 nitrogen and oxygen atoms in total. The summed E-state index contributed by atoms with van der Waals surface area (Å²) in [6, 6.07) is 13.2. The summed E-state index contributed by atoms with van der Waals surface area (Å²) in [5, 5.41) is 14.8. The maximum absolute atomic E-state index is 13.1. The van der Waals surface area contributed by atoms with Gasteiger partial charge in [0.05, 0.1) is 11.3 Å². The van der Waals surface area contributed by atoms with Crippen LogP contribution in [0, 0.1) is 17.1 Å². The van der Waals surface area contributed by atoms with Gasteiger partial charge >= 0.3 is 0 Å². The van der Waals surface area contributed by atoms with E-state index in [9.17, 15) is 9.18 Å². The highest BCUT2D eigenvalue weighted by atomic mass is 19.1. The van der Waals surface area contributed by atoms with E-state index in [-0.39, 0.29) is 11.5 Å². The lowest BCUT2D eigenvalue weighted by Gasteiger charge is -2.09. The van der Waals surface area contributed by atoms with E-state index >= 15 is 0 Å². The normalized spacial score (nSPS) is 9.86. The maximum atomic E-state index is 13.1. The first-order valence-electron chi connectivity index (χ1n) is 6.94. The Labute approximate surface area is 128 Å². The summed E-state index contributed by atoms with van der Waals surface area (Å²) in [5.74, 6) is -0.566. The highest BCUT2D eigenvalue weighted by Crippen LogP contribution is 2.17. The van der Waals surface area contributed by atoms with Crippen LogP contribution in [-0.4, -0.2) is 12.5 Å². The van der Waals surface area contributed by atoms with Gasteiger partial charge < -0.3 is 10.6 Å². The van der Waals surface area contributed by atoms with E-state index in [1.165, 1.54) is 18.2 Å². The van der Waals surface area contributed by atoms with Gasteiger partial charge in [0, 0.05) is 18.7 Å². The smallest absolute Gasteiger partial charge is 0.251 e. The lowest BCUT2D eigenvalue weighted by molar-refractivity contribution is 0.0955. The number of rotatable bonds is 5. The molecule has 0 saturated heterocycles. The van der Waals surface area contributed by atoms with Crippen molar-refractivity contribution in [3.8, 4) is 6.07 Å². The molecule has 0 bridgehead atoms. The quantitative estimate of drug-likeness (QED) is 0.891. The molecule has 0 aromatic heterocycles. The zero-order valence-electron chi connectivity index (χ0n) is 12.2. The number of carbonyl (C=O) groups excluding carboxylic acids is 1. The Hall–Kier alpha value is -2.87. The first kappa shape index (κ1) is 15.5. The average Bonchev–Trinajstić information content (AvgIpc) is 2.54. The standard InChI is InChI=1S/C17H16FN3O/c1-2-20-17(22)13-5-3-4-12(8-13)11-21-16-7-6-15(18)9-14(16)10-19/h3-9,21H,2,11H2,1H3,(H,20,22). The summed E-state index contributed by atoms with van der Waals surface area (Å²) < 4.78 is 13.1. The maximum Gasteiger partial charge on any atom is 0.251 e. The second-order valence-corrected chi connectivity index (χ2v) is 4.72. The number of anilines is 1. The third-order valence-electron chi connectivity index (χ3n) is 3.11. The van der Waals surface area contributed by atoms with E-state index in [0.717, 1.165) is 5.56 Å². The van der Waals surface area contributed by atoms with Crippen molar-refractivity contribution in [3.63, 3.8) is 0 Å². The van der Waals surface area contributed by atoms with E-state index in [4.69, 9.17) is 5.26 Å². The lowest BCUT2D eigenvalue weighted by Crippen LogP contribution is -2.22. The minimum absolute atomic E-state index is 0.121. The molecular weight excluding hydrogens is 281 g/mol. The van der Waals surface area contributed by atoms with Gasteiger partial charge in [-0.1, -0.05) is 12.1 Å². The van der Waals surface area contributed by atoms with Crippen LogP contribution in [0.25, 0.3) is 0 Å². The predicted octanol–water partition coefficient (Wildman–Crippen LogP) is 3.06. The van der Waals surface area contributed by atoms with Crippen LogP contribution < -0.4 is 10.6 Å². The molecule has 2 aromatic rings. The van der Waals surface area contributed by atoms with Crippen LogP contribution in [0.15, 0.2) is 42.5 Å². The number of nitrogens with zero attached hydrogens (tertiary/aromatic N) is 1. The molecule has 1 amide bonds.